The average molecular weight is 841 g/mol. The minimum atomic E-state index is -1.80. The van der Waals surface area contributed by atoms with Gasteiger partial charge >= 0.3 is 11.9 Å². The first-order chi connectivity index (χ1) is 27.5. The highest BCUT2D eigenvalue weighted by atomic mass is 16.7. The van der Waals surface area contributed by atoms with Gasteiger partial charge in [-0.25, -0.2) is 4.79 Å². The summed E-state index contributed by atoms with van der Waals surface area (Å²) in [6.45, 7) is 12.1. The molecule has 0 amide bonds. The zero-order valence-electron chi connectivity index (χ0n) is 35.4. The number of carbonyl (C=O) groups is 2. The number of esters is 2. The number of aliphatic hydroxyl groups excluding tert-OH is 9. The van der Waals surface area contributed by atoms with Gasteiger partial charge in [0.2, 0.25) is 6.29 Å². The van der Waals surface area contributed by atoms with Gasteiger partial charge in [-0.3, -0.25) is 4.79 Å². The monoisotopic (exact) mass is 840 g/mol. The molecule has 7 aliphatic rings. The van der Waals surface area contributed by atoms with Crippen LogP contribution in [0.5, 0.6) is 0 Å². The van der Waals surface area contributed by atoms with Crippen molar-refractivity contribution < 1.29 is 79.2 Å². The van der Waals surface area contributed by atoms with Gasteiger partial charge in [-0.15, -0.1) is 0 Å². The Kier molecular flexibility index (Phi) is 11.9. The molecule has 9 N–H and O–H groups in total. The third kappa shape index (κ3) is 6.68. The molecule has 0 aromatic rings. The molecule has 0 unspecified atom stereocenters. The minimum Gasteiger partial charge on any atom is -0.467 e. The summed E-state index contributed by atoms with van der Waals surface area (Å²) in [5.74, 6) is -1.84. The van der Waals surface area contributed by atoms with E-state index in [1.165, 1.54) is 5.57 Å². The van der Waals surface area contributed by atoms with Gasteiger partial charge in [0, 0.05) is 5.41 Å². The summed E-state index contributed by atoms with van der Waals surface area (Å²) in [6.07, 6.45) is -10.7. The fraction of sp³-hybridized carbons (Fsp3) is 0.907. The Balaban J connectivity index is 1.19. The van der Waals surface area contributed by atoms with Crippen LogP contribution in [0.1, 0.15) is 99.3 Å². The Labute approximate surface area is 345 Å². The molecule has 2 heterocycles. The maximum atomic E-state index is 14.6. The summed E-state index contributed by atoms with van der Waals surface area (Å²) < 4.78 is 28.3. The van der Waals surface area contributed by atoms with Gasteiger partial charge in [-0.2, -0.15) is 0 Å². The summed E-state index contributed by atoms with van der Waals surface area (Å²) in [5, 5.41) is 96.7. The van der Waals surface area contributed by atoms with E-state index in [9.17, 15) is 55.5 Å². The smallest absolute Gasteiger partial charge is 0.337 e. The highest BCUT2D eigenvalue weighted by Gasteiger charge is 2.71. The van der Waals surface area contributed by atoms with Crippen molar-refractivity contribution >= 4 is 11.9 Å². The molecule has 0 radical (unpaired) electrons. The first-order valence-corrected chi connectivity index (χ1v) is 21.4. The van der Waals surface area contributed by atoms with Gasteiger partial charge in [0.05, 0.1) is 37.9 Å². The van der Waals surface area contributed by atoms with Crippen LogP contribution < -0.4 is 0 Å². The largest absolute Gasteiger partial charge is 0.467 e. The van der Waals surface area contributed by atoms with Crippen molar-refractivity contribution in [2.24, 2.45) is 50.2 Å². The fourth-order valence-electron chi connectivity index (χ4n) is 13.8. The third-order valence-electron chi connectivity index (χ3n) is 17.4. The van der Waals surface area contributed by atoms with Crippen molar-refractivity contribution in [3.63, 3.8) is 0 Å². The number of aliphatic hydroxyl groups is 9. The van der Waals surface area contributed by atoms with Crippen molar-refractivity contribution in [2.45, 2.75) is 173 Å². The summed E-state index contributed by atoms with van der Waals surface area (Å²) in [4.78, 5) is 27.0. The number of hydrogen-bond donors (Lipinski definition) is 9. The fourth-order valence-corrected chi connectivity index (χ4v) is 13.8. The van der Waals surface area contributed by atoms with E-state index in [-0.39, 0.29) is 47.0 Å². The molecule has 4 saturated carbocycles. The van der Waals surface area contributed by atoms with Crippen molar-refractivity contribution in [3.05, 3.63) is 11.6 Å². The highest BCUT2D eigenvalue weighted by molar-refractivity contribution is 5.79. The van der Waals surface area contributed by atoms with E-state index in [4.69, 9.17) is 23.7 Å². The standard InChI is InChI=1S/C43H68O16/c1-38(2)12-14-43(37(54)59-35-30(51)27(48)26(47)23(18-44)56-35)15-13-41(5)20(21(43)16-38)8-9-25-39(3)17-22(46)33(40(4,19-45)24(39)10-11-42(25,41)6)58-36-31(52)28(49)29(50)32(57-36)34(53)55-7/h8,21-33,35-36,44-52H,9-19H2,1-7H3/t21-,22+,23-,24-,25-,26-,27+,28+,29+,30-,31-,32+,33+,35+,36+,39+,40+,41-,42-,43+/m1/s1. The Morgan fingerprint density at radius 3 is 2.05 bits per heavy atom. The minimum absolute atomic E-state index is 0.0336. The number of fused-ring (bicyclic) bond motifs is 7. The molecular formula is C43H68O16. The highest BCUT2D eigenvalue weighted by Crippen LogP contribution is 2.76. The van der Waals surface area contributed by atoms with Crippen LogP contribution >= 0.6 is 0 Å². The van der Waals surface area contributed by atoms with Crippen molar-refractivity contribution in [1.82, 2.24) is 0 Å². The molecular weight excluding hydrogens is 772 g/mol. The van der Waals surface area contributed by atoms with E-state index in [0.29, 0.717) is 32.1 Å². The molecule has 0 aromatic carbocycles. The van der Waals surface area contributed by atoms with E-state index in [1.54, 1.807) is 0 Å². The number of carbonyl (C=O) groups excluding carboxylic acids is 2. The second-order valence-electron chi connectivity index (χ2n) is 20.9. The Morgan fingerprint density at radius 1 is 0.763 bits per heavy atom. The second kappa shape index (κ2) is 15.5. The van der Waals surface area contributed by atoms with Gasteiger partial charge in [-0.1, -0.05) is 53.2 Å². The molecule has 2 saturated heterocycles. The van der Waals surface area contributed by atoms with Crippen LogP contribution in [0.25, 0.3) is 0 Å². The Hall–Kier alpha value is -1.80. The van der Waals surface area contributed by atoms with Gasteiger partial charge in [0.25, 0.3) is 0 Å². The first kappa shape index (κ1) is 45.2. The molecule has 7 rings (SSSR count). The SMILES string of the molecule is COC(=O)[C@H]1O[C@@H](O[C@H]2[C@@H](O)C[C@@]3(C)[C@@H](CC[C@]4(C)[C@@H]3CC=C3[C@H]5CC(C)(C)CC[C@]5(C(=O)O[C@@H]5O[C@H](CO)[C@@H](O)[C@H](O)[C@H]5O)CC[C@]34C)[C@]2(C)CO)[C@H](O)[C@@H](O)[C@@H]1O. The third-order valence-corrected chi connectivity index (χ3v) is 17.4. The van der Waals surface area contributed by atoms with Gasteiger partial charge in [0.15, 0.2) is 12.4 Å². The maximum absolute atomic E-state index is 14.6. The van der Waals surface area contributed by atoms with Crippen LogP contribution in [0.15, 0.2) is 11.6 Å². The lowest BCUT2D eigenvalue weighted by Gasteiger charge is -2.71. The summed E-state index contributed by atoms with van der Waals surface area (Å²) >= 11 is 0. The van der Waals surface area contributed by atoms with E-state index in [0.717, 1.165) is 26.4 Å². The lowest BCUT2D eigenvalue weighted by atomic mass is 9.33. The van der Waals surface area contributed by atoms with Crippen LogP contribution in [0.3, 0.4) is 0 Å². The molecule has 0 spiro atoms. The molecule has 5 aliphatic carbocycles. The van der Waals surface area contributed by atoms with Crippen LogP contribution in [0.4, 0.5) is 0 Å². The first-order valence-electron chi connectivity index (χ1n) is 21.4. The van der Waals surface area contributed by atoms with Crippen molar-refractivity contribution in [2.75, 3.05) is 20.3 Å². The molecule has 2 aliphatic heterocycles. The van der Waals surface area contributed by atoms with Gasteiger partial charge in [-0.05, 0) is 97.2 Å². The maximum Gasteiger partial charge on any atom is 0.337 e. The zero-order chi connectivity index (χ0) is 43.4. The second-order valence-corrected chi connectivity index (χ2v) is 20.9. The molecule has 16 heteroatoms. The molecule has 59 heavy (non-hydrogen) atoms. The van der Waals surface area contributed by atoms with Gasteiger partial charge in [0.1, 0.15) is 42.7 Å². The quantitative estimate of drug-likeness (QED) is 0.0957. The predicted octanol–water partition coefficient (Wildman–Crippen LogP) is 0.440. The van der Waals surface area contributed by atoms with Crippen LogP contribution in [-0.4, -0.2) is 152 Å². The summed E-state index contributed by atoms with van der Waals surface area (Å²) in [7, 11) is 1.10. The average Bonchev–Trinajstić information content (AvgIpc) is 3.19. The van der Waals surface area contributed by atoms with Gasteiger partial charge < -0.3 is 69.6 Å². The van der Waals surface area contributed by atoms with E-state index in [1.807, 2.05) is 6.92 Å². The molecule has 336 valence electrons. The molecule has 6 fully saturated rings. The zero-order valence-corrected chi connectivity index (χ0v) is 35.4. The Morgan fingerprint density at radius 2 is 1.41 bits per heavy atom. The lowest BCUT2D eigenvalue weighted by molar-refractivity contribution is -0.340. The lowest BCUT2D eigenvalue weighted by Crippen LogP contribution is -2.69. The van der Waals surface area contributed by atoms with Crippen molar-refractivity contribution in [3.8, 4) is 0 Å². The number of methoxy groups -OCH3 is 1. The van der Waals surface area contributed by atoms with Crippen LogP contribution in [-0.2, 0) is 33.3 Å². The van der Waals surface area contributed by atoms with Crippen LogP contribution in [0.2, 0.25) is 0 Å². The predicted molar refractivity (Wildman–Crippen MR) is 205 cm³/mol. The summed E-state index contributed by atoms with van der Waals surface area (Å²) in [6, 6.07) is 0. The molecule has 16 nitrogen and oxygen atoms in total. The number of rotatable bonds is 7. The number of hydrogen-bond acceptors (Lipinski definition) is 16. The Bertz CT molecular complexity index is 1640. The van der Waals surface area contributed by atoms with E-state index < -0.39 is 108 Å². The normalized spacial score (nSPS) is 53.1. The van der Waals surface area contributed by atoms with Crippen LogP contribution in [0, 0.1) is 50.2 Å². The molecule has 20 atom stereocenters. The van der Waals surface area contributed by atoms with E-state index >= 15 is 0 Å². The number of allylic oxidation sites excluding steroid dienone is 2. The summed E-state index contributed by atoms with van der Waals surface area (Å²) in [5.41, 5.74) is -2.09. The number of ether oxygens (including phenoxy) is 5. The molecule has 0 aromatic heterocycles. The topological polar surface area (TPSA) is 262 Å². The van der Waals surface area contributed by atoms with Crippen molar-refractivity contribution in [1.29, 1.82) is 0 Å². The molecule has 0 bridgehead atoms. The van der Waals surface area contributed by atoms with E-state index in [2.05, 4.69) is 40.7 Å².